The van der Waals surface area contributed by atoms with E-state index in [0.717, 1.165) is 22.3 Å². The molecule has 1 aliphatic heterocycles. The molecular weight excluding hydrogens is 464 g/mol. The first-order chi connectivity index (χ1) is 17.6. The zero-order valence-corrected chi connectivity index (χ0v) is 20.9. The van der Waals surface area contributed by atoms with Crippen LogP contribution in [0.4, 0.5) is 0 Å². The van der Waals surface area contributed by atoms with E-state index in [9.17, 15) is 9.59 Å². The summed E-state index contributed by atoms with van der Waals surface area (Å²) in [5, 5.41) is 3.16. The lowest BCUT2D eigenvalue weighted by atomic mass is 9.97. The van der Waals surface area contributed by atoms with E-state index in [1.165, 1.54) is 5.56 Å². The van der Waals surface area contributed by atoms with E-state index < -0.39 is 0 Å². The van der Waals surface area contributed by atoms with Crippen molar-refractivity contribution in [1.82, 2.24) is 10.2 Å². The fraction of sp³-hybridized carbons (Fsp3) is 0.161. The Morgan fingerprint density at radius 1 is 0.861 bits per heavy atom. The lowest BCUT2D eigenvalue weighted by Gasteiger charge is -2.24. The molecule has 1 N–H and O–H groups in total. The largest absolute Gasteiger partial charge is 0.341 e. The van der Waals surface area contributed by atoms with Crippen molar-refractivity contribution in [3.05, 3.63) is 143 Å². The second kappa shape index (κ2) is 10.8. The van der Waals surface area contributed by atoms with Gasteiger partial charge in [0.2, 0.25) is 5.91 Å². The molecule has 0 radical (unpaired) electrons. The van der Waals surface area contributed by atoms with Gasteiger partial charge in [0.25, 0.3) is 5.91 Å². The Hall–Kier alpha value is -3.83. The molecule has 2 amide bonds. The van der Waals surface area contributed by atoms with Crippen molar-refractivity contribution < 1.29 is 9.59 Å². The number of hydrogen-bond donors (Lipinski definition) is 1. The van der Waals surface area contributed by atoms with Crippen molar-refractivity contribution in [2.45, 2.75) is 24.9 Å². The second-order valence-electron chi connectivity index (χ2n) is 9.02. The molecule has 0 bridgehead atoms. The van der Waals surface area contributed by atoms with Crippen molar-refractivity contribution in [1.29, 1.82) is 0 Å². The summed E-state index contributed by atoms with van der Waals surface area (Å²) in [5.41, 5.74) is 5.97. The van der Waals surface area contributed by atoms with Crippen molar-refractivity contribution in [3.8, 4) is 0 Å². The van der Waals surface area contributed by atoms with Gasteiger partial charge in [-0.05, 0) is 41.3 Å². The van der Waals surface area contributed by atoms with Crippen molar-refractivity contribution >= 4 is 23.6 Å². The first-order valence-corrected chi connectivity index (χ1v) is 13.1. The van der Waals surface area contributed by atoms with E-state index in [0.29, 0.717) is 17.9 Å². The highest BCUT2D eigenvalue weighted by Crippen LogP contribution is 2.39. The average molecular weight is 493 g/mol. The Bertz CT molecular complexity index is 1320. The summed E-state index contributed by atoms with van der Waals surface area (Å²) in [6, 6.07) is 35.7. The Balaban J connectivity index is 1.33. The Morgan fingerprint density at radius 2 is 1.47 bits per heavy atom. The number of carbonyl (C=O) groups is 2. The minimum absolute atomic E-state index is 0.0561. The molecule has 1 saturated heterocycles. The highest BCUT2D eigenvalue weighted by atomic mass is 32.2. The van der Waals surface area contributed by atoms with Crippen LogP contribution in [-0.2, 0) is 11.3 Å². The highest BCUT2D eigenvalue weighted by molar-refractivity contribution is 8.00. The maximum atomic E-state index is 13.3. The Kier molecular flexibility index (Phi) is 7.19. The molecule has 5 heteroatoms. The van der Waals surface area contributed by atoms with Gasteiger partial charge in [-0.15, -0.1) is 11.8 Å². The van der Waals surface area contributed by atoms with E-state index in [1.807, 2.05) is 89.8 Å². The number of thioether (sulfide) groups is 1. The van der Waals surface area contributed by atoms with E-state index in [4.69, 9.17) is 0 Å². The third-order valence-electron chi connectivity index (χ3n) is 6.44. The normalized spacial score (nSPS) is 16.1. The van der Waals surface area contributed by atoms with Gasteiger partial charge in [-0.1, -0.05) is 103 Å². The maximum absolute atomic E-state index is 13.3. The SMILES string of the molecule is Cc1ccc([C@H](NC(=O)c2ccc([C@@H]3SCC(=O)N3Cc3ccccc3)cc2)c2ccccc2)cc1. The summed E-state index contributed by atoms with van der Waals surface area (Å²) < 4.78 is 0. The minimum Gasteiger partial charge on any atom is -0.341 e. The van der Waals surface area contributed by atoms with Crippen LogP contribution in [0, 0.1) is 6.92 Å². The molecule has 0 unspecified atom stereocenters. The number of rotatable bonds is 7. The van der Waals surface area contributed by atoms with Crippen LogP contribution in [0.1, 0.15) is 49.6 Å². The molecule has 0 aliphatic carbocycles. The van der Waals surface area contributed by atoms with E-state index >= 15 is 0 Å². The lowest BCUT2D eigenvalue weighted by Crippen LogP contribution is -2.29. The molecule has 2 atom stereocenters. The van der Waals surface area contributed by atoms with Crippen LogP contribution in [0.2, 0.25) is 0 Å². The Morgan fingerprint density at radius 3 is 2.14 bits per heavy atom. The number of amides is 2. The first-order valence-electron chi connectivity index (χ1n) is 12.1. The van der Waals surface area contributed by atoms with Crippen LogP contribution in [0.15, 0.2) is 109 Å². The van der Waals surface area contributed by atoms with E-state index in [1.54, 1.807) is 11.8 Å². The molecule has 1 fully saturated rings. The molecule has 1 heterocycles. The number of benzene rings is 4. The van der Waals surface area contributed by atoms with Crippen LogP contribution < -0.4 is 5.32 Å². The molecule has 180 valence electrons. The number of hydrogen-bond acceptors (Lipinski definition) is 3. The molecule has 5 rings (SSSR count). The average Bonchev–Trinajstić information content (AvgIpc) is 3.28. The number of nitrogens with one attached hydrogen (secondary N) is 1. The summed E-state index contributed by atoms with van der Waals surface area (Å²) >= 11 is 1.63. The summed E-state index contributed by atoms with van der Waals surface area (Å²) in [4.78, 5) is 27.8. The number of carbonyl (C=O) groups excluding carboxylic acids is 2. The summed E-state index contributed by atoms with van der Waals surface area (Å²) in [7, 11) is 0. The molecule has 36 heavy (non-hydrogen) atoms. The van der Waals surface area contributed by atoms with Crippen molar-refractivity contribution in [2.24, 2.45) is 0 Å². The zero-order chi connectivity index (χ0) is 24.9. The summed E-state index contributed by atoms with van der Waals surface area (Å²) in [6.45, 7) is 2.63. The molecule has 4 aromatic rings. The fourth-order valence-electron chi connectivity index (χ4n) is 4.46. The predicted octanol–water partition coefficient (Wildman–Crippen LogP) is 6.29. The van der Waals surface area contributed by atoms with Crippen LogP contribution in [0.25, 0.3) is 0 Å². The number of aryl methyl sites for hydroxylation is 1. The van der Waals surface area contributed by atoms with Crippen LogP contribution in [0.5, 0.6) is 0 Å². The zero-order valence-electron chi connectivity index (χ0n) is 20.1. The lowest BCUT2D eigenvalue weighted by molar-refractivity contribution is -0.128. The van der Waals surface area contributed by atoms with Crippen LogP contribution in [0.3, 0.4) is 0 Å². The number of nitrogens with zero attached hydrogens (tertiary/aromatic N) is 1. The molecule has 4 aromatic carbocycles. The van der Waals surface area contributed by atoms with Gasteiger partial charge in [-0.2, -0.15) is 0 Å². The second-order valence-corrected chi connectivity index (χ2v) is 10.1. The third kappa shape index (κ3) is 5.37. The third-order valence-corrected chi connectivity index (χ3v) is 7.70. The summed E-state index contributed by atoms with van der Waals surface area (Å²) in [5.74, 6) is 0.474. The van der Waals surface area contributed by atoms with Gasteiger partial charge in [-0.25, -0.2) is 0 Å². The maximum Gasteiger partial charge on any atom is 0.252 e. The highest BCUT2D eigenvalue weighted by Gasteiger charge is 2.32. The molecule has 1 aliphatic rings. The minimum atomic E-state index is -0.247. The van der Waals surface area contributed by atoms with Crippen LogP contribution >= 0.6 is 11.8 Å². The predicted molar refractivity (Wildman–Crippen MR) is 146 cm³/mol. The van der Waals surface area contributed by atoms with Crippen molar-refractivity contribution in [2.75, 3.05) is 5.75 Å². The van der Waals surface area contributed by atoms with Gasteiger partial charge in [0, 0.05) is 12.1 Å². The van der Waals surface area contributed by atoms with Gasteiger partial charge in [0.1, 0.15) is 5.37 Å². The van der Waals surface area contributed by atoms with Crippen LogP contribution in [-0.4, -0.2) is 22.5 Å². The van der Waals surface area contributed by atoms with Crippen molar-refractivity contribution in [3.63, 3.8) is 0 Å². The van der Waals surface area contributed by atoms with Gasteiger partial charge in [-0.3, -0.25) is 9.59 Å². The standard InChI is InChI=1S/C31H28N2O2S/c1-22-12-14-25(15-13-22)29(24-10-6-3-7-11-24)32-30(35)26-16-18-27(19-17-26)31-33(28(34)21-36-31)20-23-8-4-2-5-9-23/h2-19,29,31H,20-21H2,1H3,(H,32,35)/t29-,31+/m1/s1. The van der Waals surface area contributed by atoms with Gasteiger partial charge < -0.3 is 10.2 Å². The topological polar surface area (TPSA) is 49.4 Å². The summed E-state index contributed by atoms with van der Waals surface area (Å²) in [6.07, 6.45) is 0. The quantitative estimate of drug-likeness (QED) is 0.330. The molecular formula is C31H28N2O2S. The Labute approximate surface area is 216 Å². The van der Waals surface area contributed by atoms with Gasteiger partial charge in [0.05, 0.1) is 11.8 Å². The smallest absolute Gasteiger partial charge is 0.252 e. The molecule has 0 saturated carbocycles. The fourth-order valence-corrected chi connectivity index (χ4v) is 5.65. The van der Waals surface area contributed by atoms with Gasteiger partial charge >= 0.3 is 0 Å². The van der Waals surface area contributed by atoms with E-state index in [2.05, 4.69) is 36.5 Å². The monoisotopic (exact) mass is 492 g/mol. The molecule has 0 aromatic heterocycles. The molecule has 4 nitrogen and oxygen atoms in total. The van der Waals surface area contributed by atoms with E-state index in [-0.39, 0.29) is 23.2 Å². The molecule has 0 spiro atoms. The van der Waals surface area contributed by atoms with Gasteiger partial charge in [0.15, 0.2) is 0 Å². The first kappa shape index (κ1) is 23.9.